The van der Waals surface area contributed by atoms with E-state index in [1.165, 1.54) is 11.8 Å². The van der Waals surface area contributed by atoms with Gasteiger partial charge in [0.05, 0.1) is 18.0 Å². The summed E-state index contributed by atoms with van der Waals surface area (Å²) in [5, 5.41) is 12.7. The molecule has 0 N–H and O–H groups in total. The number of carbonyl (C=O) groups excluding carboxylic acids is 1. The molecule has 9 heteroatoms. The van der Waals surface area contributed by atoms with E-state index in [0.29, 0.717) is 23.9 Å². The Kier molecular flexibility index (Phi) is 6.34. The largest absolute Gasteiger partial charge is 0.486 e. The second kappa shape index (κ2) is 9.58. The SMILES string of the molecule is Cc1ccc(C)c(-n2nnnc2SCC(=O)c2cc(C)n(C[C@@H]3COc4ccccc4O3)c2C)c1. The average molecular weight is 490 g/mol. The number of carbonyl (C=O) groups is 1. The van der Waals surface area contributed by atoms with E-state index >= 15 is 0 Å². The van der Waals surface area contributed by atoms with Gasteiger partial charge < -0.3 is 14.0 Å². The smallest absolute Gasteiger partial charge is 0.214 e. The molecule has 0 spiro atoms. The predicted octanol–water partition coefficient (Wildman–Crippen LogP) is 4.51. The fraction of sp³-hybridized carbons (Fsp3) is 0.308. The molecule has 1 atom stereocenters. The van der Waals surface area contributed by atoms with Gasteiger partial charge in [0.25, 0.3) is 0 Å². The molecule has 0 aliphatic carbocycles. The Morgan fingerprint density at radius 2 is 1.89 bits per heavy atom. The maximum Gasteiger partial charge on any atom is 0.214 e. The van der Waals surface area contributed by atoms with Crippen LogP contribution in [0.3, 0.4) is 0 Å². The highest BCUT2D eigenvalue weighted by Crippen LogP contribution is 2.32. The molecule has 0 bridgehead atoms. The highest BCUT2D eigenvalue weighted by Gasteiger charge is 2.24. The molecule has 0 radical (unpaired) electrons. The molecule has 35 heavy (non-hydrogen) atoms. The first kappa shape index (κ1) is 23.2. The van der Waals surface area contributed by atoms with Gasteiger partial charge in [-0.25, -0.2) is 0 Å². The molecule has 0 unspecified atom stereocenters. The van der Waals surface area contributed by atoms with Crippen LogP contribution in [0.2, 0.25) is 0 Å². The summed E-state index contributed by atoms with van der Waals surface area (Å²) in [6, 6.07) is 15.8. The number of fused-ring (bicyclic) bond motifs is 1. The molecule has 0 amide bonds. The maximum atomic E-state index is 13.2. The van der Waals surface area contributed by atoms with Crippen molar-refractivity contribution in [3.63, 3.8) is 0 Å². The lowest BCUT2D eigenvalue weighted by molar-refractivity contribution is 0.0777. The minimum absolute atomic E-state index is 0.0380. The van der Waals surface area contributed by atoms with Crippen molar-refractivity contribution in [1.29, 1.82) is 0 Å². The molecule has 0 saturated carbocycles. The number of hydrogen-bond donors (Lipinski definition) is 0. The van der Waals surface area contributed by atoms with Crippen molar-refractivity contribution in [3.8, 4) is 17.2 Å². The summed E-state index contributed by atoms with van der Waals surface area (Å²) in [6.45, 7) is 9.11. The molecular weight excluding hydrogens is 462 g/mol. The number of ketones is 1. The van der Waals surface area contributed by atoms with Crippen molar-refractivity contribution in [2.75, 3.05) is 12.4 Å². The van der Waals surface area contributed by atoms with Gasteiger partial charge in [0.15, 0.2) is 23.4 Å². The Bertz CT molecular complexity index is 1390. The van der Waals surface area contributed by atoms with Crippen LogP contribution in [0.25, 0.3) is 5.69 Å². The number of tetrazole rings is 1. The van der Waals surface area contributed by atoms with Crippen LogP contribution in [-0.4, -0.2) is 49.0 Å². The minimum atomic E-state index is -0.130. The van der Waals surface area contributed by atoms with E-state index in [4.69, 9.17) is 9.47 Å². The quantitative estimate of drug-likeness (QED) is 0.279. The van der Waals surface area contributed by atoms with E-state index in [0.717, 1.165) is 39.7 Å². The van der Waals surface area contributed by atoms with Gasteiger partial charge in [-0.1, -0.05) is 36.0 Å². The normalized spacial score (nSPS) is 14.8. The van der Waals surface area contributed by atoms with Crippen LogP contribution in [0.1, 0.15) is 32.9 Å². The van der Waals surface area contributed by atoms with Crippen molar-refractivity contribution in [1.82, 2.24) is 24.8 Å². The van der Waals surface area contributed by atoms with E-state index in [-0.39, 0.29) is 17.6 Å². The van der Waals surface area contributed by atoms with E-state index in [1.54, 1.807) is 4.68 Å². The fourth-order valence-electron chi connectivity index (χ4n) is 4.30. The topological polar surface area (TPSA) is 84.1 Å². The summed E-state index contributed by atoms with van der Waals surface area (Å²) in [5.41, 5.74) is 5.74. The Labute approximate surface area is 208 Å². The number of hydrogen-bond acceptors (Lipinski definition) is 7. The van der Waals surface area contributed by atoms with E-state index < -0.39 is 0 Å². The van der Waals surface area contributed by atoms with Crippen LogP contribution in [0, 0.1) is 27.7 Å². The summed E-state index contributed by atoms with van der Waals surface area (Å²) in [4.78, 5) is 13.2. The first-order chi connectivity index (χ1) is 16.9. The van der Waals surface area contributed by atoms with Crippen molar-refractivity contribution in [3.05, 3.63) is 76.6 Å². The Hall–Kier alpha value is -3.59. The zero-order valence-electron chi connectivity index (χ0n) is 20.2. The van der Waals surface area contributed by atoms with Gasteiger partial charge in [-0.2, -0.15) is 4.68 Å². The number of ether oxygens (including phenoxy) is 2. The Balaban J connectivity index is 1.28. The third kappa shape index (κ3) is 4.68. The van der Waals surface area contributed by atoms with Crippen LogP contribution >= 0.6 is 11.8 Å². The van der Waals surface area contributed by atoms with Crippen LogP contribution in [0.5, 0.6) is 11.5 Å². The number of rotatable bonds is 7. The Morgan fingerprint density at radius 1 is 1.09 bits per heavy atom. The monoisotopic (exact) mass is 489 g/mol. The molecule has 180 valence electrons. The molecule has 4 aromatic rings. The highest BCUT2D eigenvalue weighted by molar-refractivity contribution is 7.99. The lowest BCUT2D eigenvalue weighted by atomic mass is 10.1. The molecule has 0 saturated heterocycles. The van der Waals surface area contributed by atoms with Gasteiger partial charge in [0.1, 0.15) is 6.61 Å². The molecule has 2 aromatic carbocycles. The molecular formula is C26H27N5O3S. The summed E-state index contributed by atoms with van der Waals surface area (Å²) >= 11 is 1.34. The van der Waals surface area contributed by atoms with Gasteiger partial charge in [0, 0.05) is 17.0 Å². The molecule has 1 aliphatic heterocycles. The van der Waals surface area contributed by atoms with E-state index in [9.17, 15) is 4.79 Å². The van der Waals surface area contributed by atoms with Gasteiger partial charge in [-0.15, -0.1) is 5.10 Å². The van der Waals surface area contributed by atoms with Gasteiger partial charge >= 0.3 is 0 Å². The lowest BCUT2D eigenvalue weighted by Crippen LogP contribution is -2.33. The lowest BCUT2D eigenvalue weighted by Gasteiger charge is -2.27. The van der Waals surface area contributed by atoms with Crippen LogP contribution in [-0.2, 0) is 6.54 Å². The Morgan fingerprint density at radius 3 is 2.71 bits per heavy atom. The number of Topliss-reactive ketones (excluding diaryl/α,β-unsaturated/α-hetero) is 1. The highest BCUT2D eigenvalue weighted by atomic mass is 32.2. The zero-order chi connectivity index (χ0) is 24.5. The first-order valence-electron chi connectivity index (χ1n) is 11.5. The third-order valence-corrected chi connectivity index (χ3v) is 7.11. The summed E-state index contributed by atoms with van der Waals surface area (Å²) in [7, 11) is 0. The molecule has 1 aliphatic rings. The standard InChI is InChI=1S/C26H27N5O3S/c1-16-9-10-17(2)22(11-16)31-26(27-28-29-31)35-15-23(32)21-12-18(3)30(19(21)4)13-20-14-33-24-7-5-6-8-25(24)34-20/h5-12,20H,13-15H2,1-4H3/t20-/m1/s1. The number of nitrogens with zero attached hydrogens (tertiary/aromatic N) is 5. The number of aryl methyl sites for hydroxylation is 3. The first-order valence-corrected chi connectivity index (χ1v) is 12.5. The second-order valence-corrected chi connectivity index (χ2v) is 9.71. The molecule has 2 aromatic heterocycles. The maximum absolute atomic E-state index is 13.2. The fourth-order valence-corrected chi connectivity index (χ4v) is 5.06. The van der Waals surface area contributed by atoms with E-state index in [1.807, 2.05) is 70.2 Å². The van der Waals surface area contributed by atoms with Crippen molar-refractivity contribution >= 4 is 17.5 Å². The van der Waals surface area contributed by atoms with Crippen LogP contribution < -0.4 is 9.47 Å². The number of thioether (sulfide) groups is 1. The summed E-state index contributed by atoms with van der Waals surface area (Å²) in [6.07, 6.45) is -0.130. The molecule has 8 nitrogen and oxygen atoms in total. The minimum Gasteiger partial charge on any atom is -0.486 e. The van der Waals surface area contributed by atoms with Gasteiger partial charge in [-0.05, 0) is 73.5 Å². The summed E-state index contributed by atoms with van der Waals surface area (Å²) < 4.78 is 15.8. The summed E-state index contributed by atoms with van der Waals surface area (Å²) in [5.74, 6) is 1.80. The van der Waals surface area contributed by atoms with Gasteiger partial charge in [0.2, 0.25) is 5.16 Å². The van der Waals surface area contributed by atoms with Crippen LogP contribution in [0.15, 0.2) is 53.7 Å². The molecule has 5 rings (SSSR count). The van der Waals surface area contributed by atoms with Crippen LogP contribution in [0.4, 0.5) is 0 Å². The van der Waals surface area contributed by atoms with Crippen molar-refractivity contribution in [2.24, 2.45) is 0 Å². The van der Waals surface area contributed by atoms with Gasteiger partial charge in [-0.3, -0.25) is 4.79 Å². The average Bonchev–Trinajstić information content (AvgIpc) is 3.44. The van der Waals surface area contributed by atoms with E-state index in [2.05, 4.69) is 26.2 Å². The van der Waals surface area contributed by atoms with Crippen molar-refractivity contribution in [2.45, 2.75) is 45.5 Å². The molecule has 3 heterocycles. The second-order valence-electron chi connectivity index (χ2n) is 8.77. The zero-order valence-corrected chi connectivity index (χ0v) is 21.0. The third-order valence-electron chi connectivity index (χ3n) is 6.19. The number of para-hydroxylation sites is 2. The van der Waals surface area contributed by atoms with Crippen molar-refractivity contribution < 1.29 is 14.3 Å². The number of benzene rings is 2. The predicted molar refractivity (Wildman–Crippen MR) is 134 cm³/mol. The molecule has 0 fully saturated rings. The number of aromatic nitrogens is 5.